The second kappa shape index (κ2) is 8.05. The maximum atomic E-state index is 11.4. The standard InChI is InChI=1S/C20H20O2/c1-3-4-5-16-6-8-17(9-7-16)10-11-18-12-14-19(15-13-18)20(21)22-2/h6-9,12-15H,3-5H2,1-2H3. The molecule has 0 bridgehead atoms. The van der Waals surface area contributed by atoms with Gasteiger partial charge in [-0.15, -0.1) is 0 Å². The number of esters is 1. The zero-order valence-electron chi connectivity index (χ0n) is 13.1. The SMILES string of the molecule is CCCCc1ccc(C#Cc2ccc(C(=O)OC)cc2)cc1. The van der Waals surface area contributed by atoms with E-state index in [0.29, 0.717) is 5.56 Å². The van der Waals surface area contributed by atoms with Crippen LogP contribution in [0.2, 0.25) is 0 Å². The quantitative estimate of drug-likeness (QED) is 0.623. The summed E-state index contributed by atoms with van der Waals surface area (Å²) in [5, 5.41) is 0. The lowest BCUT2D eigenvalue weighted by molar-refractivity contribution is 0.0600. The number of hydrogen-bond donors (Lipinski definition) is 0. The number of carbonyl (C=O) groups excluding carboxylic acids is 1. The largest absolute Gasteiger partial charge is 0.465 e. The Bertz CT molecular complexity index is 670. The van der Waals surface area contributed by atoms with Gasteiger partial charge in [0.2, 0.25) is 0 Å². The number of rotatable bonds is 4. The zero-order valence-corrected chi connectivity index (χ0v) is 13.1. The molecule has 0 unspecified atom stereocenters. The van der Waals surface area contributed by atoms with Gasteiger partial charge < -0.3 is 4.74 Å². The second-order valence-corrected chi connectivity index (χ2v) is 5.12. The third-order valence-corrected chi connectivity index (χ3v) is 3.43. The summed E-state index contributed by atoms with van der Waals surface area (Å²) in [6.07, 6.45) is 3.56. The summed E-state index contributed by atoms with van der Waals surface area (Å²) < 4.78 is 4.67. The van der Waals surface area contributed by atoms with Crippen LogP contribution in [0, 0.1) is 11.8 Å². The first-order valence-electron chi connectivity index (χ1n) is 7.52. The van der Waals surface area contributed by atoms with E-state index in [2.05, 4.69) is 47.8 Å². The summed E-state index contributed by atoms with van der Waals surface area (Å²) in [5.41, 5.74) is 3.77. The topological polar surface area (TPSA) is 26.3 Å². The number of ether oxygens (including phenoxy) is 1. The number of benzene rings is 2. The molecule has 2 aromatic carbocycles. The molecule has 2 rings (SSSR count). The van der Waals surface area contributed by atoms with Gasteiger partial charge in [0, 0.05) is 11.1 Å². The minimum Gasteiger partial charge on any atom is -0.465 e. The molecule has 2 nitrogen and oxygen atoms in total. The lowest BCUT2D eigenvalue weighted by Gasteiger charge is -1.99. The van der Waals surface area contributed by atoms with Crippen LogP contribution in [0.1, 0.15) is 46.8 Å². The summed E-state index contributed by atoms with van der Waals surface area (Å²) in [5.74, 6) is 5.92. The minimum absolute atomic E-state index is 0.331. The smallest absolute Gasteiger partial charge is 0.337 e. The van der Waals surface area contributed by atoms with Gasteiger partial charge in [-0.05, 0) is 54.8 Å². The van der Waals surface area contributed by atoms with Crippen LogP contribution in [-0.4, -0.2) is 13.1 Å². The number of methoxy groups -OCH3 is 1. The van der Waals surface area contributed by atoms with E-state index in [0.717, 1.165) is 17.5 Å². The molecule has 0 aromatic heterocycles. The van der Waals surface area contributed by atoms with Crippen molar-refractivity contribution in [2.45, 2.75) is 26.2 Å². The fourth-order valence-corrected chi connectivity index (χ4v) is 2.09. The van der Waals surface area contributed by atoms with Crippen molar-refractivity contribution in [3.8, 4) is 11.8 Å². The lowest BCUT2D eigenvalue weighted by Crippen LogP contribution is -2.00. The van der Waals surface area contributed by atoms with E-state index >= 15 is 0 Å². The Labute approximate surface area is 132 Å². The Morgan fingerprint density at radius 2 is 1.50 bits per heavy atom. The van der Waals surface area contributed by atoms with Gasteiger partial charge in [-0.2, -0.15) is 0 Å². The van der Waals surface area contributed by atoms with E-state index in [1.54, 1.807) is 12.1 Å². The first-order valence-corrected chi connectivity index (χ1v) is 7.52. The summed E-state index contributed by atoms with van der Waals surface area (Å²) in [4.78, 5) is 11.4. The number of hydrogen-bond acceptors (Lipinski definition) is 2. The van der Waals surface area contributed by atoms with Crippen molar-refractivity contribution in [2.75, 3.05) is 7.11 Å². The van der Waals surface area contributed by atoms with E-state index in [-0.39, 0.29) is 5.97 Å². The molecule has 2 aromatic rings. The third-order valence-electron chi connectivity index (χ3n) is 3.43. The van der Waals surface area contributed by atoms with Crippen LogP contribution in [0.15, 0.2) is 48.5 Å². The highest BCUT2D eigenvalue weighted by Crippen LogP contribution is 2.08. The molecule has 0 N–H and O–H groups in total. The van der Waals surface area contributed by atoms with Crippen LogP contribution >= 0.6 is 0 Å². The maximum absolute atomic E-state index is 11.4. The molecule has 22 heavy (non-hydrogen) atoms. The fourth-order valence-electron chi connectivity index (χ4n) is 2.09. The Hall–Kier alpha value is -2.53. The van der Waals surface area contributed by atoms with Crippen molar-refractivity contribution in [3.63, 3.8) is 0 Å². The van der Waals surface area contributed by atoms with Gasteiger partial charge in [0.25, 0.3) is 0 Å². The van der Waals surface area contributed by atoms with Gasteiger partial charge in [-0.3, -0.25) is 0 Å². The zero-order chi connectivity index (χ0) is 15.8. The van der Waals surface area contributed by atoms with Gasteiger partial charge in [0.05, 0.1) is 12.7 Å². The van der Waals surface area contributed by atoms with Crippen molar-refractivity contribution < 1.29 is 9.53 Å². The molecule has 0 atom stereocenters. The highest BCUT2D eigenvalue weighted by atomic mass is 16.5. The normalized spacial score (nSPS) is 9.73. The summed E-state index contributed by atoms with van der Waals surface area (Å²) in [6.45, 7) is 2.20. The number of unbranched alkanes of at least 4 members (excludes halogenated alkanes) is 1. The van der Waals surface area contributed by atoms with E-state index in [4.69, 9.17) is 0 Å². The van der Waals surface area contributed by atoms with Crippen LogP contribution in [-0.2, 0) is 11.2 Å². The Kier molecular flexibility index (Phi) is 5.80. The van der Waals surface area contributed by atoms with Gasteiger partial charge in [-0.25, -0.2) is 4.79 Å². The van der Waals surface area contributed by atoms with Crippen LogP contribution < -0.4 is 0 Å². The van der Waals surface area contributed by atoms with Crippen molar-refractivity contribution in [1.29, 1.82) is 0 Å². The minimum atomic E-state index is -0.331. The Morgan fingerprint density at radius 1 is 0.955 bits per heavy atom. The van der Waals surface area contributed by atoms with E-state index < -0.39 is 0 Å². The molecular weight excluding hydrogens is 272 g/mol. The maximum Gasteiger partial charge on any atom is 0.337 e. The third kappa shape index (κ3) is 4.49. The highest BCUT2D eigenvalue weighted by Gasteiger charge is 2.03. The molecule has 0 saturated heterocycles. The molecule has 0 saturated carbocycles. The molecule has 0 aliphatic rings. The van der Waals surface area contributed by atoms with Crippen LogP contribution in [0.25, 0.3) is 0 Å². The summed E-state index contributed by atoms with van der Waals surface area (Å²) in [7, 11) is 1.38. The molecule has 112 valence electrons. The fraction of sp³-hybridized carbons (Fsp3) is 0.250. The lowest BCUT2D eigenvalue weighted by atomic mass is 10.1. The Morgan fingerprint density at radius 3 is 2.00 bits per heavy atom. The average molecular weight is 292 g/mol. The first kappa shape index (κ1) is 15.9. The molecule has 0 fully saturated rings. The van der Waals surface area contributed by atoms with Crippen molar-refractivity contribution in [2.24, 2.45) is 0 Å². The predicted octanol–water partition coefficient (Wildman–Crippen LogP) is 4.22. The molecule has 0 spiro atoms. The van der Waals surface area contributed by atoms with Gasteiger partial charge in [0.15, 0.2) is 0 Å². The van der Waals surface area contributed by atoms with E-state index in [9.17, 15) is 4.79 Å². The number of carbonyl (C=O) groups is 1. The molecule has 0 heterocycles. The van der Waals surface area contributed by atoms with Gasteiger partial charge >= 0.3 is 5.97 Å². The van der Waals surface area contributed by atoms with Crippen molar-refractivity contribution >= 4 is 5.97 Å². The highest BCUT2D eigenvalue weighted by molar-refractivity contribution is 5.89. The molecule has 0 radical (unpaired) electrons. The van der Waals surface area contributed by atoms with Crippen molar-refractivity contribution in [1.82, 2.24) is 0 Å². The van der Waals surface area contributed by atoms with E-state index in [1.807, 2.05) is 12.1 Å². The van der Waals surface area contributed by atoms with Crippen LogP contribution in [0.5, 0.6) is 0 Å². The second-order valence-electron chi connectivity index (χ2n) is 5.12. The molecule has 2 heteroatoms. The number of aryl methyl sites for hydroxylation is 1. The summed E-state index contributed by atoms with van der Waals surface area (Å²) in [6, 6.07) is 15.5. The Balaban J connectivity index is 2.04. The van der Waals surface area contributed by atoms with E-state index in [1.165, 1.54) is 25.5 Å². The van der Waals surface area contributed by atoms with Crippen LogP contribution in [0.4, 0.5) is 0 Å². The van der Waals surface area contributed by atoms with Crippen LogP contribution in [0.3, 0.4) is 0 Å². The average Bonchev–Trinajstić information content (AvgIpc) is 2.58. The van der Waals surface area contributed by atoms with Gasteiger partial charge in [-0.1, -0.05) is 37.3 Å². The molecule has 0 amide bonds. The monoisotopic (exact) mass is 292 g/mol. The van der Waals surface area contributed by atoms with Crippen molar-refractivity contribution in [3.05, 3.63) is 70.8 Å². The molecule has 0 aliphatic carbocycles. The first-order chi connectivity index (χ1) is 10.7. The predicted molar refractivity (Wildman–Crippen MR) is 88.8 cm³/mol. The summed E-state index contributed by atoms with van der Waals surface area (Å²) >= 11 is 0. The molecular formula is C20H20O2. The molecule has 0 aliphatic heterocycles. The van der Waals surface area contributed by atoms with Gasteiger partial charge in [0.1, 0.15) is 0 Å².